The van der Waals surface area contributed by atoms with E-state index in [2.05, 4.69) is 40.5 Å². The van der Waals surface area contributed by atoms with Gasteiger partial charge in [-0.05, 0) is 48.6 Å². The van der Waals surface area contributed by atoms with Crippen LogP contribution in [-0.2, 0) is 26.5 Å². The van der Waals surface area contributed by atoms with Gasteiger partial charge in [-0.1, -0.05) is 73.0 Å². The number of rotatable bonds is 10. The van der Waals surface area contributed by atoms with E-state index >= 15 is 0 Å². The Balaban J connectivity index is 0.000000334. The van der Waals surface area contributed by atoms with Crippen LogP contribution in [0.25, 0.3) is 0 Å². The topological polar surface area (TPSA) is 168 Å². The fourth-order valence-corrected chi connectivity index (χ4v) is 6.40. The van der Waals surface area contributed by atoms with E-state index in [-0.39, 0.29) is 11.8 Å². The molecule has 3 fully saturated rings. The molecule has 1 saturated heterocycles. The van der Waals surface area contributed by atoms with Gasteiger partial charge in [0.15, 0.2) is 17.8 Å². The average molecular weight is 569 g/mol. The van der Waals surface area contributed by atoms with E-state index in [9.17, 15) is 19.5 Å². The van der Waals surface area contributed by atoms with Crippen molar-refractivity contribution in [3.05, 3.63) is 71.3 Å². The number of carboxylic acids is 2. The standard InChI is InChI=1S/C27H34N2O2.C4H6O6/c1-19-8-7-13-22(14-19)27(31,21-11-5-6-12-21)26(30)28-15-23-24-17-29(18-25(23)24)16-20-9-3-2-4-10-20;5-1(3(7)8)2(6)4(9)10/h2-4,7-10,13-14,21,23-25,31H,5-6,11-12,15-18H2,1H3,(H,28,30);1-2,5-6H,(H,7,8)(H,9,10)/t23-,24-,25?,27+;/m1./s1. The van der Waals surface area contributed by atoms with Gasteiger partial charge in [0, 0.05) is 32.1 Å². The number of aliphatic carboxylic acids is 2. The van der Waals surface area contributed by atoms with Gasteiger partial charge in [-0.15, -0.1) is 0 Å². The predicted octanol–water partition coefficient (Wildman–Crippen LogP) is 1.74. The van der Waals surface area contributed by atoms with Gasteiger partial charge < -0.3 is 30.8 Å². The van der Waals surface area contributed by atoms with Crippen molar-refractivity contribution in [1.82, 2.24) is 10.2 Å². The summed E-state index contributed by atoms with van der Waals surface area (Å²) in [5.74, 6) is -1.80. The molecule has 2 aromatic rings. The Morgan fingerprint density at radius 3 is 2.05 bits per heavy atom. The molecule has 10 heteroatoms. The Morgan fingerprint density at radius 1 is 0.927 bits per heavy atom. The molecule has 41 heavy (non-hydrogen) atoms. The number of fused-ring (bicyclic) bond motifs is 1. The molecule has 2 saturated carbocycles. The fourth-order valence-electron chi connectivity index (χ4n) is 6.40. The van der Waals surface area contributed by atoms with Crippen molar-refractivity contribution in [2.75, 3.05) is 19.6 Å². The number of hydrogen-bond donors (Lipinski definition) is 6. The van der Waals surface area contributed by atoms with Crippen LogP contribution < -0.4 is 5.32 Å². The van der Waals surface area contributed by atoms with E-state index in [0.29, 0.717) is 24.3 Å². The van der Waals surface area contributed by atoms with Gasteiger partial charge in [-0.2, -0.15) is 0 Å². The minimum absolute atomic E-state index is 0.00867. The zero-order chi connectivity index (χ0) is 29.7. The Morgan fingerprint density at radius 2 is 1.51 bits per heavy atom. The first-order valence-corrected chi connectivity index (χ1v) is 14.2. The molecule has 222 valence electrons. The van der Waals surface area contributed by atoms with Crippen LogP contribution in [0.1, 0.15) is 42.4 Å². The van der Waals surface area contributed by atoms with E-state index in [1.54, 1.807) is 0 Å². The van der Waals surface area contributed by atoms with Crippen molar-refractivity contribution in [2.45, 2.75) is 57.0 Å². The molecule has 2 aliphatic carbocycles. The Labute approximate surface area is 239 Å². The van der Waals surface area contributed by atoms with Gasteiger partial charge >= 0.3 is 11.9 Å². The first-order chi connectivity index (χ1) is 19.5. The number of carbonyl (C=O) groups excluding carboxylic acids is 1. The third kappa shape index (κ3) is 7.13. The zero-order valence-electron chi connectivity index (χ0n) is 23.2. The summed E-state index contributed by atoms with van der Waals surface area (Å²) in [4.78, 5) is 35.4. The van der Waals surface area contributed by atoms with E-state index in [1.807, 2.05) is 31.2 Å². The summed E-state index contributed by atoms with van der Waals surface area (Å²) in [5.41, 5.74) is 1.79. The summed E-state index contributed by atoms with van der Waals surface area (Å²) in [6.07, 6.45) is -0.510. The molecule has 3 aliphatic rings. The number of carbonyl (C=O) groups is 3. The van der Waals surface area contributed by atoms with Crippen LogP contribution in [0.2, 0.25) is 0 Å². The second-order valence-corrected chi connectivity index (χ2v) is 11.6. The highest BCUT2D eigenvalue weighted by atomic mass is 16.4. The maximum atomic E-state index is 13.3. The number of aliphatic hydroxyl groups is 3. The van der Waals surface area contributed by atoms with E-state index in [4.69, 9.17) is 20.4 Å². The first kappa shape index (κ1) is 30.6. The van der Waals surface area contributed by atoms with Gasteiger partial charge in [-0.3, -0.25) is 9.69 Å². The van der Waals surface area contributed by atoms with E-state index < -0.39 is 29.7 Å². The molecule has 1 aliphatic heterocycles. The molecule has 0 bridgehead atoms. The predicted molar refractivity (Wildman–Crippen MR) is 150 cm³/mol. The van der Waals surface area contributed by atoms with Crippen LogP contribution in [0.5, 0.6) is 0 Å². The average Bonchev–Trinajstić information content (AvgIpc) is 3.32. The van der Waals surface area contributed by atoms with Crippen molar-refractivity contribution in [1.29, 1.82) is 0 Å². The maximum Gasteiger partial charge on any atom is 0.335 e. The molecule has 3 unspecified atom stereocenters. The lowest BCUT2D eigenvalue weighted by Gasteiger charge is -2.33. The van der Waals surface area contributed by atoms with Crippen LogP contribution in [0.3, 0.4) is 0 Å². The summed E-state index contributed by atoms with van der Waals surface area (Å²) < 4.78 is 0. The van der Waals surface area contributed by atoms with Crippen LogP contribution in [0, 0.1) is 30.6 Å². The molecule has 5 rings (SSSR count). The van der Waals surface area contributed by atoms with Crippen molar-refractivity contribution < 1.29 is 39.9 Å². The largest absolute Gasteiger partial charge is 0.479 e. The molecular weight excluding hydrogens is 528 g/mol. The molecule has 10 nitrogen and oxygen atoms in total. The number of hydrogen-bond acceptors (Lipinski definition) is 7. The van der Waals surface area contributed by atoms with Gasteiger partial charge in [0.25, 0.3) is 5.91 Å². The van der Waals surface area contributed by atoms with Crippen LogP contribution in [0.15, 0.2) is 54.6 Å². The summed E-state index contributed by atoms with van der Waals surface area (Å²) in [7, 11) is 0. The lowest BCUT2D eigenvalue weighted by molar-refractivity contribution is -0.165. The summed E-state index contributed by atoms with van der Waals surface area (Å²) in [6, 6.07) is 18.5. The van der Waals surface area contributed by atoms with Gasteiger partial charge in [0.05, 0.1) is 0 Å². The summed E-state index contributed by atoms with van der Waals surface area (Å²) in [5, 5.41) is 47.4. The SMILES string of the molecule is Cc1cccc([C@](O)(C(=O)NC[C@H]2C3CN(Cc4ccccc4)C[C@@H]32)C2CCCC2)c1.O=C(O)C(O)C(O)C(=O)O. The van der Waals surface area contributed by atoms with Crippen LogP contribution >= 0.6 is 0 Å². The third-order valence-electron chi connectivity index (χ3n) is 8.75. The Hall–Kier alpha value is -3.31. The minimum Gasteiger partial charge on any atom is -0.479 e. The van der Waals surface area contributed by atoms with Crippen molar-refractivity contribution in [3.8, 4) is 0 Å². The monoisotopic (exact) mass is 568 g/mol. The van der Waals surface area contributed by atoms with Crippen molar-refractivity contribution in [2.24, 2.45) is 23.7 Å². The number of piperidine rings is 1. The number of benzene rings is 2. The highest BCUT2D eigenvalue weighted by Gasteiger charge is 2.56. The number of amides is 1. The lowest BCUT2D eigenvalue weighted by atomic mass is 9.79. The highest BCUT2D eigenvalue weighted by molar-refractivity contribution is 5.87. The second-order valence-electron chi connectivity index (χ2n) is 11.6. The van der Waals surface area contributed by atoms with Crippen molar-refractivity contribution >= 4 is 17.8 Å². The highest BCUT2D eigenvalue weighted by Crippen LogP contribution is 2.51. The van der Waals surface area contributed by atoms with E-state index in [1.165, 1.54) is 5.56 Å². The zero-order valence-corrected chi connectivity index (χ0v) is 23.2. The number of aliphatic hydroxyl groups excluding tert-OH is 2. The Kier molecular flexibility index (Phi) is 9.80. The van der Waals surface area contributed by atoms with Gasteiger partial charge in [0.2, 0.25) is 0 Å². The van der Waals surface area contributed by atoms with Crippen molar-refractivity contribution in [3.63, 3.8) is 0 Å². The smallest absolute Gasteiger partial charge is 0.335 e. The molecule has 2 aromatic carbocycles. The summed E-state index contributed by atoms with van der Waals surface area (Å²) in [6.45, 7) is 5.95. The lowest BCUT2D eigenvalue weighted by Crippen LogP contribution is -2.49. The molecule has 0 aromatic heterocycles. The number of nitrogens with zero attached hydrogens (tertiary/aromatic N) is 1. The normalized spacial score (nSPS) is 24.7. The fraction of sp³-hybridized carbons (Fsp3) is 0.516. The number of likely N-dealkylation sites (tertiary alicyclic amines) is 1. The molecule has 6 N–H and O–H groups in total. The molecule has 1 heterocycles. The number of carboxylic acid groups (broad SMARTS) is 2. The minimum atomic E-state index is -2.27. The van der Waals surface area contributed by atoms with Gasteiger partial charge in [-0.25, -0.2) is 9.59 Å². The third-order valence-corrected chi connectivity index (χ3v) is 8.75. The maximum absolute atomic E-state index is 13.3. The first-order valence-electron chi connectivity index (χ1n) is 14.2. The number of nitrogens with one attached hydrogen (secondary N) is 1. The molecule has 6 atom stereocenters. The van der Waals surface area contributed by atoms with Crippen LogP contribution in [0.4, 0.5) is 0 Å². The van der Waals surface area contributed by atoms with Gasteiger partial charge in [0.1, 0.15) is 0 Å². The summed E-state index contributed by atoms with van der Waals surface area (Å²) >= 11 is 0. The number of aryl methyl sites for hydroxylation is 1. The molecule has 0 spiro atoms. The van der Waals surface area contributed by atoms with E-state index in [0.717, 1.165) is 56.4 Å². The molecule has 0 radical (unpaired) electrons. The molecular formula is C31H40N2O8. The second kappa shape index (κ2) is 13.1. The van der Waals surface area contributed by atoms with Crippen LogP contribution in [-0.4, -0.2) is 80.1 Å². The Bertz CT molecular complexity index is 1190. The molecule has 1 amide bonds. The quantitative estimate of drug-likeness (QED) is 0.250.